The van der Waals surface area contributed by atoms with Crippen LogP contribution in [-0.2, 0) is 17.5 Å². The molecule has 1 N–H and O–H groups in total. The molecule has 0 radical (unpaired) electrons. The number of anilines is 1. The number of nitrogens with zero attached hydrogens (tertiary/aromatic N) is 3. The summed E-state index contributed by atoms with van der Waals surface area (Å²) in [5.41, 5.74) is 1.61. The Labute approximate surface area is 166 Å². The Morgan fingerprint density at radius 2 is 2.29 bits per heavy atom. The largest absolute Gasteiger partial charge is 0.496 e. The molecule has 2 bridgehead atoms. The molecule has 0 saturated heterocycles. The Hall–Kier alpha value is -2.35. The summed E-state index contributed by atoms with van der Waals surface area (Å²) in [6.07, 6.45) is 8.85. The van der Waals surface area contributed by atoms with E-state index in [9.17, 15) is 4.21 Å². The van der Waals surface area contributed by atoms with Gasteiger partial charge in [-0.05, 0) is 60.8 Å². The third-order valence-electron chi connectivity index (χ3n) is 6.18. The lowest BCUT2D eigenvalue weighted by molar-refractivity contribution is 0.363. The number of nitrogens with one attached hydrogen (secondary N) is 1. The van der Waals surface area contributed by atoms with Crippen LogP contribution in [-0.4, -0.2) is 32.0 Å². The van der Waals surface area contributed by atoms with E-state index in [4.69, 9.17) is 9.26 Å². The smallest absolute Gasteiger partial charge is 0.192 e. The van der Waals surface area contributed by atoms with Crippen LogP contribution in [0.25, 0.3) is 11.0 Å². The molecule has 148 valence electrons. The molecule has 2 aromatic heterocycles. The van der Waals surface area contributed by atoms with Crippen LogP contribution in [0.15, 0.2) is 35.1 Å². The van der Waals surface area contributed by atoms with Gasteiger partial charge >= 0.3 is 0 Å². The van der Waals surface area contributed by atoms with E-state index in [2.05, 4.69) is 15.0 Å². The third-order valence-corrected chi connectivity index (χ3v) is 7.33. The van der Waals surface area contributed by atoms with E-state index >= 15 is 0 Å². The standard InChI is InChI=1S/C20H24N4O3S/c1-26-17-9-14(11-24-6-2-5-21-24)10-18-19(17)20(22-27-18)23-28(25)12-16-8-13-3-4-15(16)7-13/h2,5-6,9-10,13,15-16H,3-4,7-8,11-12H2,1H3,(H,22,23). The summed E-state index contributed by atoms with van der Waals surface area (Å²) in [7, 11) is 0.440. The Balaban J connectivity index is 1.35. The number of methoxy groups -OCH3 is 1. The normalized spacial score (nSPS) is 24.7. The molecule has 2 fully saturated rings. The van der Waals surface area contributed by atoms with Crippen molar-refractivity contribution >= 4 is 27.8 Å². The zero-order valence-corrected chi connectivity index (χ0v) is 16.7. The summed E-state index contributed by atoms with van der Waals surface area (Å²) in [6.45, 7) is 0.610. The average Bonchev–Trinajstić information content (AvgIpc) is 3.46. The fourth-order valence-corrected chi connectivity index (χ4v) is 6.15. The number of rotatable bonds is 7. The summed E-state index contributed by atoms with van der Waals surface area (Å²) < 4.78 is 28.7. The maximum absolute atomic E-state index is 12.7. The van der Waals surface area contributed by atoms with E-state index in [1.807, 2.05) is 29.1 Å². The van der Waals surface area contributed by atoms with Crippen molar-refractivity contribution in [3.63, 3.8) is 0 Å². The second-order valence-corrected chi connectivity index (χ2v) is 9.18. The van der Waals surface area contributed by atoms with Crippen LogP contribution in [0.4, 0.5) is 5.82 Å². The number of hydrogen-bond acceptors (Lipinski definition) is 5. The first-order valence-corrected chi connectivity index (χ1v) is 11.1. The SMILES string of the molecule is COc1cc(Cn2cccn2)cc2onc(NS(=O)CC3CC4CCC3C4)c12. The van der Waals surface area contributed by atoms with Gasteiger partial charge < -0.3 is 9.26 Å². The van der Waals surface area contributed by atoms with E-state index in [0.29, 0.717) is 35.4 Å². The Morgan fingerprint density at radius 3 is 3.00 bits per heavy atom. The highest BCUT2D eigenvalue weighted by Crippen LogP contribution is 2.48. The molecule has 4 atom stereocenters. The first kappa shape index (κ1) is 17.7. The van der Waals surface area contributed by atoms with Gasteiger partial charge in [-0.1, -0.05) is 11.6 Å². The maximum atomic E-state index is 12.7. The third kappa shape index (κ3) is 3.30. The molecular formula is C20H24N4O3S. The van der Waals surface area contributed by atoms with Crippen molar-refractivity contribution < 1.29 is 13.5 Å². The van der Waals surface area contributed by atoms with Crippen LogP contribution in [0.5, 0.6) is 5.75 Å². The lowest BCUT2D eigenvalue weighted by atomic mass is 9.90. The molecule has 28 heavy (non-hydrogen) atoms. The van der Waals surface area contributed by atoms with Crippen molar-refractivity contribution in [2.75, 3.05) is 17.6 Å². The highest BCUT2D eigenvalue weighted by Gasteiger charge is 2.40. The zero-order chi connectivity index (χ0) is 19.1. The molecule has 2 saturated carbocycles. The monoisotopic (exact) mass is 400 g/mol. The number of aromatic nitrogens is 3. The summed E-state index contributed by atoms with van der Waals surface area (Å²) >= 11 is 0. The van der Waals surface area contributed by atoms with Gasteiger partial charge in [0.2, 0.25) is 0 Å². The van der Waals surface area contributed by atoms with Gasteiger partial charge in [0.05, 0.1) is 13.7 Å². The average molecular weight is 401 g/mol. The summed E-state index contributed by atoms with van der Waals surface area (Å²) in [4.78, 5) is 0. The highest BCUT2D eigenvalue weighted by atomic mass is 32.2. The fraction of sp³-hybridized carbons (Fsp3) is 0.500. The summed E-state index contributed by atoms with van der Waals surface area (Å²) in [5.74, 6) is 3.99. The van der Waals surface area contributed by atoms with Gasteiger partial charge in [-0.2, -0.15) is 5.10 Å². The summed E-state index contributed by atoms with van der Waals surface area (Å²) in [6, 6.07) is 5.76. The fourth-order valence-electron chi connectivity index (χ4n) is 4.92. The van der Waals surface area contributed by atoms with Gasteiger partial charge in [-0.3, -0.25) is 9.40 Å². The molecule has 2 aliphatic rings. The second kappa shape index (κ2) is 7.24. The molecule has 8 heteroatoms. The first-order valence-electron chi connectivity index (χ1n) is 9.78. The molecule has 0 spiro atoms. The van der Waals surface area contributed by atoms with Gasteiger partial charge in [-0.15, -0.1) is 0 Å². The van der Waals surface area contributed by atoms with Crippen LogP contribution in [0.2, 0.25) is 0 Å². The van der Waals surface area contributed by atoms with E-state index in [1.165, 1.54) is 25.7 Å². The van der Waals surface area contributed by atoms with E-state index in [0.717, 1.165) is 22.8 Å². The van der Waals surface area contributed by atoms with Crippen molar-refractivity contribution in [1.29, 1.82) is 0 Å². The topological polar surface area (TPSA) is 82.2 Å². The Morgan fingerprint density at radius 1 is 1.36 bits per heavy atom. The van der Waals surface area contributed by atoms with Crippen molar-refractivity contribution in [3.8, 4) is 5.75 Å². The van der Waals surface area contributed by atoms with Crippen LogP contribution < -0.4 is 9.46 Å². The zero-order valence-electron chi connectivity index (χ0n) is 15.8. The van der Waals surface area contributed by atoms with Crippen molar-refractivity contribution in [2.45, 2.75) is 32.2 Å². The van der Waals surface area contributed by atoms with Crippen molar-refractivity contribution in [3.05, 3.63) is 36.2 Å². The number of fused-ring (bicyclic) bond motifs is 3. The molecule has 0 aliphatic heterocycles. The van der Waals surface area contributed by atoms with Gasteiger partial charge in [0.25, 0.3) is 0 Å². The van der Waals surface area contributed by atoms with Gasteiger partial charge in [0, 0.05) is 18.1 Å². The van der Waals surface area contributed by atoms with Crippen LogP contribution in [0.1, 0.15) is 31.2 Å². The first-order chi connectivity index (χ1) is 13.7. The van der Waals surface area contributed by atoms with E-state index in [-0.39, 0.29) is 0 Å². The summed E-state index contributed by atoms with van der Waals surface area (Å²) in [5, 5.41) is 9.09. The lowest BCUT2D eigenvalue weighted by Crippen LogP contribution is -2.21. The molecule has 1 aromatic carbocycles. The minimum absolute atomic E-state index is 0.485. The molecule has 2 aliphatic carbocycles. The predicted octanol–water partition coefficient (Wildman–Crippen LogP) is 3.59. The number of benzene rings is 1. The van der Waals surface area contributed by atoms with Gasteiger partial charge in [0.1, 0.15) is 22.1 Å². The Kier molecular flexibility index (Phi) is 4.58. The lowest BCUT2D eigenvalue weighted by Gasteiger charge is -2.20. The van der Waals surface area contributed by atoms with Crippen molar-refractivity contribution in [1.82, 2.24) is 14.9 Å². The molecule has 4 unspecified atom stereocenters. The maximum Gasteiger partial charge on any atom is 0.192 e. The van der Waals surface area contributed by atoms with Crippen LogP contribution in [0.3, 0.4) is 0 Å². The minimum Gasteiger partial charge on any atom is -0.496 e. The molecule has 2 heterocycles. The van der Waals surface area contributed by atoms with Gasteiger partial charge in [-0.25, -0.2) is 4.21 Å². The quantitative estimate of drug-likeness (QED) is 0.655. The van der Waals surface area contributed by atoms with Crippen LogP contribution in [0, 0.1) is 17.8 Å². The molecule has 3 aromatic rings. The van der Waals surface area contributed by atoms with Crippen LogP contribution >= 0.6 is 0 Å². The van der Waals surface area contributed by atoms with Gasteiger partial charge in [0.15, 0.2) is 11.4 Å². The minimum atomic E-state index is -1.18. The van der Waals surface area contributed by atoms with E-state index < -0.39 is 11.0 Å². The number of ether oxygens (including phenoxy) is 1. The Bertz CT molecular complexity index is 1000. The highest BCUT2D eigenvalue weighted by molar-refractivity contribution is 7.86. The number of hydrogen-bond donors (Lipinski definition) is 1. The second-order valence-electron chi connectivity index (χ2n) is 7.96. The van der Waals surface area contributed by atoms with E-state index in [1.54, 1.807) is 13.3 Å². The molecule has 0 amide bonds. The molecule has 5 rings (SSSR count). The predicted molar refractivity (Wildman–Crippen MR) is 107 cm³/mol. The molecule has 7 nitrogen and oxygen atoms in total. The van der Waals surface area contributed by atoms with Crippen molar-refractivity contribution in [2.24, 2.45) is 17.8 Å². The molecular weight excluding hydrogens is 376 g/mol.